The van der Waals surface area contributed by atoms with E-state index in [1.807, 2.05) is 6.92 Å². The lowest BCUT2D eigenvalue weighted by Gasteiger charge is -2.21. The van der Waals surface area contributed by atoms with E-state index >= 15 is 0 Å². The molecule has 0 radical (unpaired) electrons. The van der Waals surface area contributed by atoms with Crippen LogP contribution in [0, 0.1) is 0 Å². The molecule has 0 unspecified atom stereocenters. The average Bonchev–Trinajstić information content (AvgIpc) is 2.57. The molecule has 150 valence electrons. The van der Waals surface area contributed by atoms with Gasteiger partial charge in [-0.1, -0.05) is 97.3 Å². The fraction of sp³-hybridized carbons (Fsp3) is 0.952. The molecular formula is C21H42O4. The zero-order chi connectivity index (χ0) is 18.8. The van der Waals surface area contributed by atoms with E-state index in [-0.39, 0.29) is 12.8 Å². The standard InChI is InChI=1S/C21H42O4/c1-3-5-7-8-9-10-11-12-13-14-15-16-17-18-20(22)25-21(23,24)19-6-4-2/h23-24H,3-19H2,1-2H3. The minimum atomic E-state index is -2.29. The van der Waals surface area contributed by atoms with Crippen LogP contribution in [0.25, 0.3) is 0 Å². The van der Waals surface area contributed by atoms with Crippen molar-refractivity contribution in [2.75, 3.05) is 0 Å². The van der Waals surface area contributed by atoms with Crippen LogP contribution in [0.1, 0.15) is 123 Å². The topological polar surface area (TPSA) is 66.8 Å². The predicted octanol–water partition coefficient (Wildman–Crippen LogP) is 5.84. The van der Waals surface area contributed by atoms with Gasteiger partial charge in [0, 0.05) is 12.8 Å². The maximum Gasteiger partial charge on any atom is 0.324 e. The lowest BCUT2D eigenvalue weighted by molar-refractivity contribution is -0.322. The van der Waals surface area contributed by atoms with Crippen molar-refractivity contribution in [3.8, 4) is 0 Å². The molecule has 0 aliphatic rings. The minimum absolute atomic E-state index is 0.0772. The van der Waals surface area contributed by atoms with Crippen molar-refractivity contribution >= 4 is 5.97 Å². The number of aliphatic hydroxyl groups is 2. The third-order valence-electron chi connectivity index (χ3n) is 4.62. The maximum absolute atomic E-state index is 11.6. The second-order valence-electron chi connectivity index (χ2n) is 7.31. The number of hydrogen-bond donors (Lipinski definition) is 2. The Labute approximate surface area is 155 Å². The highest BCUT2D eigenvalue weighted by molar-refractivity contribution is 5.69. The SMILES string of the molecule is CCCCCCCCCCCCCCCC(=O)OC(O)(O)CCCC. The molecule has 0 bridgehead atoms. The van der Waals surface area contributed by atoms with Crippen molar-refractivity contribution in [1.29, 1.82) is 0 Å². The Bertz CT molecular complexity index is 302. The van der Waals surface area contributed by atoms with Crippen molar-refractivity contribution < 1.29 is 19.7 Å². The van der Waals surface area contributed by atoms with Gasteiger partial charge in [-0.2, -0.15) is 0 Å². The highest BCUT2D eigenvalue weighted by atomic mass is 16.8. The summed E-state index contributed by atoms with van der Waals surface area (Å²) in [6.45, 7) is 4.20. The Morgan fingerprint density at radius 1 is 0.680 bits per heavy atom. The summed E-state index contributed by atoms with van der Waals surface area (Å²) in [4.78, 5) is 11.6. The summed E-state index contributed by atoms with van der Waals surface area (Å²) in [7, 11) is 0. The number of esters is 1. The van der Waals surface area contributed by atoms with E-state index in [1.165, 1.54) is 64.2 Å². The lowest BCUT2D eigenvalue weighted by atomic mass is 10.0. The van der Waals surface area contributed by atoms with Gasteiger partial charge < -0.3 is 14.9 Å². The summed E-state index contributed by atoms with van der Waals surface area (Å²) in [5.74, 6) is -2.80. The summed E-state index contributed by atoms with van der Waals surface area (Å²) >= 11 is 0. The molecule has 0 rings (SSSR count). The molecule has 0 aliphatic carbocycles. The molecule has 0 aromatic rings. The zero-order valence-corrected chi connectivity index (χ0v) is 16.7. The zero-order valence-electron chi connectivity index (χ0n) is 16.7. The molecule has 0 amide bonds. The quantitative estimate of drug-likeness (QED) is 0.183. The fourth-order valence-corrected chi connectivity index (χ4v) is 2.98. The number of carbonyl (C=O) groups is 1. The van der Waals surface area contributed by atoms with Crippen LogP contribution in [-0.4, -0.2) is 22.2 Å². The number of ether oxygens (including phenoxy) is 1. The van der Waals surface area contributed by atoms with Gasteiger partial charge in [-0.05, 0) is 12.8 Å². The molecule has 0 aliphatic heterocycles. The number of rotatable bonds is 18. The highest BCUT2D eigenvalue weighted by Gasteiger charge is 2.27. The fourth-order valence-electron chi connectivity index (χ4n) is 2.98. The Balaban J connectivity index is 3.33. The van der Waals surface area contributed by atoms with Gasteiger partial charge in [0.25, 0.3) is 0 Å². The van der Waals surface area contributed by atoms with E-state index in [9.17, 15) is 15.0 Å². The van der Waals surface area contributed by atoms with Crippen LogP contribution in [0.2, 0.25) is 0 Å². The number of carbonyl (C=O) groups excluding carboxylic acids is 1. The van der Waals surface area contributed by atoms with Gasteiger partial charge in [0.2, 0.25) is 0 Å². The number of hydrogen-bond acceptors (Lipinski definition) is 4. The van der Waals surface area contributed by atoms with Gasteiger partial charge in [-0.25, -0.2) is 0 Å². The van der Waals surface area contributed by atoms with E-state index < -0.39 is 11.9 Å². The lowest BCUT2D eigenvalue weighted by Crippen LogP contribution is -2.34. The van der Waals surface area contributed by atoms with Crippen molar-refractivity contribution in [3.63, 3.8) is 0 Å². The first-order valence-corrected chi connectivity index (χ1v) is 10.7. The van der Waals surface area contributed by atoms with Crippen LogP contribution in [0.15, 0.2) is 0 Å². The van der Waals surface area contributed by atoms with E-state index in [0.717, 1.165) is 25.7 Å². The van der Waals surface area contributed by atoms with E-state index in [1.54, 1.807) is 0 Å². The Morgan fingerprint density at radius 2 is 1.08 bits per heavy atom. The van der Waals surface area contributed by atoms with Gasteiger partial charge in [0.1, 0.15) is 0 Å². The number of unbranched alkanes of at least 4 members (excludes halogenated alkanes) is 13. The average molecular weight is 359 g/mol. The van der Waals surface area contributed by atoms with Gasteiger partial charge >= 0.3 is 11.9 Å². The molecule has 0 heterocycles. The molecule has 0 aromatic carbocycles. The molecule has 0 fully saturated rings. The molecule has 2 N–H and O–H groups in total. The van der Waals surface area contributed by atoms with Crippen LogP contribution in [-0.2, 0) is 9.53 Å². The monoisotopic (exact) mass is 358 g/mol. The molecule has 0 saturated heterocycles. The van der Waals surface area contributed by atoms with Crippen LogP contribution in [0.4, 0.5) is 0 Å². The van der Waals surface area contributed by atoms with Gasteiger partial charge in [-0.3, -0.25) is 4.79 Å². The third kappa shape index (κ3) is 18.0. The molecule has 0 atom stereocenters. The van der Waals surface area contributed by atoms with Crippen LogP contribution >= 0.6 is 0 Å². The Kier molecular flexibility index (Phi) is 16.4. The molecule has 0 aromatic heterocycles. The summed E-state index contributed by atoms with van der Waals surface area (Å²) in [5.41, 5.74) is 0. The van der Waals surface area contributed by atoms with E-state index in [4.69, 9.17) is 4.74 Å². The van der Waals surface area contributed by atoms with Crippen molar-refractivity contribution in [2.24, 2.45) is 0 Å². The second kappa shape index (κ2) is 16.8. The van der Waals surface area contributed by atoms with Gasteiger partial charge in [0.15, 0.2) is 0 Å². The molecule has 0 spiro atoms. The second-order valence-corrected chi connectivity index (χ2v) is 7.31. The van der Waals surface area contributed by atoms with Crippen molar-refractivity contribution in [3.05, 3.63) is 0 Å². The summed E-state index contributed by atoms with van der Waals surface area (Å²) in [6.07, 6.45) is 18.1. The first-order valence-electron chi connectivity index (χ1n) is 10.7. The maximum atomic E-state index is 11.6. The van der Waals surface area contributed by atoms with Crippen LogP contribution < -0.4 is 0 Å². The summed E-state index contributed by atoms with van der Waals surface area (Å²) in [6, 6.07) is 0. The Hall–Kier alpha value is -0.610. The molecule has 4 heteroatoms. The minimum Gasteiger partial charge on any atom is -0.408 e. The predicted molar refractivity (Wildman–Crippen MR) is 103 cm³/mol. The summed E-state index contributed by atoms with van der Waals surface area (Å²) in [5, 5.41) is 19.1. The summed E-state index contributed by atoms with van der Waals surface area (Å²) < 4.78 is 4.72. The van der Waals surface area contributed by atoms with E-state index in [0.29, 0.717) is 6.42 Å². The van der Waals surface area contributed by atoms with Crippen LogP contribution in [0.3, 0.4) is 0 Å². The van der Waals surface area contributed by atoms with Crippen molar-refractivity contribution in [1.82, 2.24) is 0 Å². The Morgan fingerprint density at radius 3 is 1.52 bits per heavy atom. The first kappa shape index (κ1) is 24.4. The van der Waals surface area contributed by atoms with Crippen LogP contribution in [0.5, 0.6) is 0 Å². The largest absolute Gasteiger partial charge is 0.408 e. The van der Waals surface area contributed by atoms with Crippen molar-refractivity contribution in [2.45, 2.75) is 129 Å². The molecule has 25 heavy (non-hydrogen) atoms. The molecular weight excluding hydrogens is 316 g/mol. The van der Waals surface area contributed by atoms with Gasteiger partial charge in [0.05, 0.1) is 0 Å². The first-order chi connectivity index (χ1) is 12.0. The molecule has 4 nitrogen and oxygen atoms in total. The van der Waals surface area contributed by atoms with Gasteiger partial charge in [-0.15, -0.1) is 0 Å². The normalized spacial score (nSPS) is 11.7. The smallest absolute Gasteiger partial charge is 0.324 e. The third-order valence-corrected chi connectivity index (χ3v) is 4.62. The van der Waals surface area contributed by atoms with E-state index in [2.05, 4.69) is 6.92 Å². The molecule has 0 saturated carbocycles. The highest BCUT2D eigenvalue weighted by Crippen LogP contribution is 2.16.